The SMILES string of the molecule is Cc1cccc(-c2nccc(Nc3ccnc(Nc4cc(C(=O)OCC5CNC5)ccn4)n3)n2)n1. The van der Waals surface area contributed by atoms with Crippen molar-refractivity contribution in [1.82, 2.24) is 35.2 Å². The van der Waals surface area contributed by atoms with Crippen LogP contribution in [0.15, 0.2) is 61.1 Å². The Hall–Kier alpha value is -4.51. The summed E-state index contributed by atoms with van der Waals surface area (Å²) in [5, 5.41) is 9.33. The molecule has 3 N–H and O–H groups in total. The average molecular weight is 470 g/mol. The van der Waals surface area contributed by atoms with Gasteiger partial charge in [-0.1, -0.05) is 6.07 Å². The van der Waals surface area contributed by atoms with Crippen LogP contribution in [0.25, 0.3) is 11.5 Å². The molecule has 0 unspecified atom stereocenters. The molecule has 5 rings (SSSR count). The molecular formula is C24H23N9O2. The van der Waals surface area contributed by atoms with Crippen molar-refractivity contribution in [3.63, 3.8) is 0 Å². The van der Waals surface area contributed by atoms with E-state index in [0.717, 1.165) is 18.8 Å². The lowest BCUT2D eigenvalue weighted by atomic mass is 10.1. The Morgan fingerprint density at radius 3 is 2.54 bits per heavy atom. The molecule has 176 valence electrons. The van der Waals surface area contributed by atoms with Gasteiger partial charge in [0.1, 0.15) is 23.1 Å². The van der Waals surface area contributed by atoms with E-state index in [1.807, 2.05) is 25.1 Å². The van der Waals surface area contributed by atoms with Crippen LogP contribution in [0.5, 0.6) is 0 Å². The second kappa shape index (κ2) is 10.2. The summed E-state index contributed by atoms with van der Waals surface area (Å²) in [7, 11) is 0. The van der Waals surface area contributed by atoms with E-state index in [1.54, 1.807) is 36.7 Å². The first-order chi connectivity index (χ1) is 17.1. The number of carbonyl (C=O) groups is 1. The lowest BCUT2D eigenvalue weighted by molar-refractivity contribution is 0.0397. The van der Waals surface area contributed by atoms with Crippen LogP contribution in [-0.4, -0.2) is 55.6 Å². The summed E-state index contributed by atoms with van der Waals surface area (Å²) in [6.07, 6.45) is 4.80. The molecule has 11 nitrogen and oxygen atoms in total. The third-order valence-corrected chi connectivity index (χ3v) is 5.24. The van der Waals surface area contributed by atoms with Gasteiger partial charge in [0.2, 0.25) is 5.95 Å². The van der Waals surface area contributed by atoms with Crippen molar-refractivity contribution < 1.29 is 9.53 Å². The Morgan fingerprint density at radius 2 is 1.74 bits per heavy atom. The normalized spacial score (nSPS) is 13.1. The van der Waals surface area contributed by atoms with Crippen LogP contribution in [0.2, 0.25) is 0 Å². The van der Waals surface area contributed by atoms with Gasteiger partial charge in [-0.25, -0.2) is 29.7 Å². The monoisotopic (exact) mass is 469 g/mol. The van der Waals surface area contributed by atoms with E-state index in [2.05, 4.69) is 45.9 Å². The van der Waals surface area contributed by atoms with Crippen molar-refractivity contribution in [2.24, 2.45) is 5.92 Å². The predicted molar refractivity (Wildman–Crippen MR) is 129 cm³/mol. The Balaban J connectivity index is 1.26. The summed E-state index contributed by atoms with van der Waals surface area (Å²) in [5.41, 5.74) is 1.98. The Bertz CT molecular complexity index is 1340. The molecule has 0 spiro atoms. The molecule has 1 saturated heterocycles. The first-order valence-corrected chi connectivity index (χ1v) is 11.1. The maximum atomic E-state index is 12.3. The van der Waals surface area contributed by atoms with E-state index in [4.69, 9.17) is 4.74 Å². The predicted octanol–water partition coefficient (Wildman–Crippen LogP) is 2.90. The summed E-state index contributed by atoms with van der Waals surface area (Å²) < 4.78 is 5.38. The summed E-state index contributed by atoms with van der Waals surface area (Å²) in [6.45, 7) is 4.06. The molecule has 0 bridgehead atoms. The molecule has 0 aromatic carbocycles. The standard InChI is InChI=1S/C24H23N9O2/c1-15-3-2-4-18(29-15)22-27-9-6-19(31-22)30-20-7-10-28-24(32-20)33-21-11-17(5-8-26-21)23(34)35-14-16-12-25-13-16/h2-11,16,25H,12-14H2,1H3,(H2,26,27,28,30,31,32,33). The minimum Gasteiger partial charge on any atom is -0.462 e. The number of rotatable bonds is 8. The number of nitrogens with zero attached hydrogens (tertiary/aromatic N) is 6. The number of anilines is 4. The molecule has 5 heterocycles. The fourth-order valence-corrected chi connectivity index (χ4v) is 3.32. The van der Waals surface area contributed by atoms with Crippen molar-refractivity contribution in [2.45, 2.75) is 6.92 Å². The van der Waals surface area contributed by atoms with Crippen molar-refractivity contribution in [3.05, 3.63) is 72.3 Å². The van der Waals surface area contributed by atoms with Crippen LogP contribution in [0, 0.1) is 12.8 Å². The molecule has 0 aliphatic carbocycles. The second-order valence-electron chi connectivity index (χ2n) is 8.00. The molecule has 0 amide bonds. The van der Waals surface area contributed by atoms with E-state index < -0.39 is 0 Å². The van der Waals surface area contributed by atoms with Crippen molar-refractivity contribution in [2.75, 3.05) is 30.3 Å². The number of pyridine rings is 2. The highest BCUT2D eigenvalue weighted by atomic mass is 16.5. The van der Waals surface area contributed by atoms with Gasteiger partial charge in [0, 0.05) is 43.3 Å². The fourth-order valence-electron chi connectivity index (χ4n) is 3.32. The van der Waals surface area contributed by atoms with E-state index in [0.29, 0.717) is 53.0 Å². The van der Waals surface area contributed by atoms with Gasteiger partial charge >= 0.3 is 5.97 Å². The maximum Gasteiger partial charge on any atom is 0.338 e. The summed E-state index contributed by atoms with van der Waals surface area (Å²) in [5.74, 6) is 2.32. The van der Waals surface area contributed by atoms with E-state index in [9.17, 15) is 4.79 Å². The Kier molecular flexibility index (Phi) is 6.48. The zero-order valence-corrected chi connectivity index (χ0v) is 19.0. The number of nitrogens with one attached hydrogen (secondary N) is 3. The third kappa shape index (κ3) is 5.71. The third-order valence-electron chi connectivity index (χ3n) is 5.24. The molecule has 0 atom stereocenters. The molecule has 0 radical (unpaired) electrons. The molecule has 11 heteroatoms. The fraction of sp³-hybridized carbons (Fsp3) is 0.208. The van der Waals surface area contributed by atoms with Crippen LogP contribution in [0.4, 0.5) is 23.4 Å². The zero-order valence-electron chi connectivity index (χ0n) is 19.0. The number of aromatic nitrogens is 6. The van der Waals surface area contributed by atoms with Gasteiger partial charge in [-0.05, 0) is 43.3 Å². The minimum absolute atomic E-state index is 0.309. The summed E-state index contributed by atoms with van der Waals surface area (Å²) in [6, 6.07) is 12.4. The molecule has 1 aliphatic heterocycles. The first kappa shape index (κ1) is 22.3. The summed E-state index contributed by atoms with van der Waals surface area (Å²) >= 11 is 0. The Labute approximate surface area is 201 Å². The highest BCUT2D eigenvalue weighted by Gasteiger charge is 2.19. The van der Waals surface area contributed by atoms with E-state index >= 15 is 0 Å². The first-order valence-electron chi connectivity index (χ1n) is 11.1. The summed E-state index contributed by atoms with van der Waals surface area (Å²) in [4.78, 5) is 38.6. The molecule has 0 saturated carbocycles. The average Bonchev–Trinajstić information content (AvgIpc) is 2.84. The molecule has 1 aliphatic rings. The number of carbonyl (C=O) groups excluding carboxylic acids is 1. The van der Waals surface area contributed by atoms with Crippen LogP contribution < -0.4 is 16.0 Å². The second-order valence-corrected chi connectivity index (χ2v) is 8.00. The van der Waals surface area contributed by atoms with Crippen molar-refractivity contribution in [1.29, 1.82) is 0 Å². The van der Waals surface area contributed by atoms with Crippen LogP contribution >= 0.6 is 0 Å². The van der Waals surface area contributed by atoms with Gasteiger partial charge in [0.15, 0.2) is 5.82 Å². The number of hydrogen-bond acceptors (Lipinski definition) is 11. The zero-order chi connectivity index (χ0) is 24.0. The van der Waals surface area contributed by atoms with Gasteiger partial charge in [-0.15, -0.1) is 0 Å². The van der Waals surface area contributed by atoms with Crippen LogP contribution in [0.1, 0.15) is 16.1 Å². The number of esters is 1. The number of hydrogen-bond donors (Lipinski definition) is 3. The number of aryl methyl sites for hydroxylation is 1. The van der Waals surface area contributed by atoms with Crippen LogP contribution in [-0.2, 0) is 4.74 Å². The van der Waals surface area contributed by atoms with Gasteiger partial charge in [-0.3, -0.25) is 0 Å². The van der Waals surface area contributed by atoms with E-state index in [-0.39, 0.29) is 5.97 Å². The van der Waals surface area contributed by atoms with Crippen LogP contribution in [0.3, 0.4) is 0 Å². The highest BCUT2D eigenvalue weighted by molar-refractivity contribution is 5.90. The molecule has 1 fully saturated rings. The molecule has 4 aromatic heterocycles. The largest absolute Gasteiger partial charge is 0.462 e. The number of ether oxygens (including phenoxy) is 1. The lowest BCUT2D eigenvalue weighted by Crippen LogP contribution is -2.44. The quantitative estimate of drug-likeness (QED) is 0.328. The minimum atomic E-state index is -0.388. The van der Waals surface area contributed by atoms with Gasteiger partial charge in [0.05, 0.1) is 12.2 Å². The molecule has 4 aromatic rings. The highest BCUT2D eigenvalue weighted by Crippen LogP contribution is 2.19. The van der Waals surface area contributed by atoms with Crippen molar-refractivity contribution in [3.8, 4) is 11.5 Å². The van der Waals surface area contributed by atoms with Gasteiger partial charge in [0.25, 0.3) is 0 Å². The van der Waals surface area contributed by atoms with Gasteiger partial charge in [-0.2, -0.15) is 4.98 Å². The topological polar surface area (TPSA) is 140 Å². The lowest BCUT2D eigenvalue weighted by Gasteiger charge is -2.26. The molecular weight excluding hydrogens is 446 g/mol. The maximum absolute atomic E-state index is 12.3. The smallest absolute Gasteiger partial charge is 0.338 e. The van der Waals surface area contributed by atoms with Gasteiger partial charge < -0.3 is 20.7 Å². The van der Waals surface area contributed by atoms with Crippen molar-refractivity contribution >= 4 is 29.4 Å². The Morgan fingerprint density at radius 1 is 0.943 bits per heavy atom. The molecule has 35 heavy (non-hydrogen) atoms. The van der Waals surface area contributed by atoms with E-state index in [1.165, 1.54) is 6.20 Å².